The minimum absolute atomic E-state index is 0.0166. The summed E-state index contributed by atoms with van der Waals surface area (Å²) >= 11 is 6.15. The maximum absolute atomic E-state index is 12.2. The van der Waals surface area contributed by atoms with Crippen LogP contribution in [0.15, 0.2) is 24.3 Å². The third-order valence-electron chi connectivity index (χ3n) is 4.43. The molecule has 2 atom stereocenters. The van der Waals surface area contributed by atoms with E-state index in [0.717, 1.165) is 31.5 Å². The number of nitrogens with zero attached hydrogens (tertiary/aromatic N) is 1. The highest BCUT2D eigenvalue weighted by molar-refractivity contribution is 6.31. The topological polar surface area (TPSA) is 52.6 Å². The Morgan fingerprint density at radius 1 is 1.36 bits per heavy atom. The Morgan fingerprint density at radius 2 is 2.00 bits per heavy atom. The van der Waals surface area contributed by atoms with Crippen molar-refractivity contribution < 1.29 is 9.90 Å². The van der Waals surface area contributed by atoms with Gasteiger partial charge in [-0.1, -0.05) is 29.8 Å². The average Bonchev–Trinajstić information content (AvgIpc) is 2.48. The lowest BCUT2D eigenvalue weighted by Gasteiger charge is -2.33. The number of hydrogen-bond donors (Lipinski definition) is 2. The number of rotatable bonds is 5. The first-order valence-corrected chi connectivity index (χ1v) is 8.29. The number of carbonyl (C=O) groups is 1. The standard InChI is InChI=1S/C17H25ClN2O2/c1-12(15-5-3-4-6-16(15)18)19-17(22)11-20-9-7-14(8-10-20)13(2)21/h3-6,12-14,21H,7-11H2,1-2H3,(H,19,22). The van der Waals surface area contributed by atoms with E-state index in [2.05, 4.69) is 10.2 Å². The molecule has 1 aromatic carbocycles. The molecule has 1 fully saturated rings. The number of benzene rings is 1. The zero-order valence-electron chi connectivity index (χ0n) is 13.3. The van der Waals surface area contributed by atoms with Gasteiger partial charge in [0.15, 0.2) is 0 Å². The number of amides is 1. The van der Waals surface area contributed by atoms with Gasteiger partial charge in [0.25, 0.3) is 0 Å². The summed E-state index contributed by atoms with van der Waals surface area (Å²) in [5.74, 6) is 0.379. The minimum Gasteiger partial charge on any atom is -0.393 e. The van der Waals surface area contributed by atoms with Crippen LogP contribution in [0.5, 0.6) is 0 Å². The molecule has 2 unspecified atom stereocenters. The number of aliphatic hydroxyl groups excluding tert-OH is 1. The Hall–Kier alpha value is -1.10. The molecular formula is C17H25ClN2O2. The van der Waals surface area contributed by atoms with Crippen LogP contribution in [0.4, 0.5) is 0 Å². The Labute approximate surface area is 137 Å². The maximum atomic E-state index is 12.2. The molecule has 2 rings (SSSR count). The van der Waals surface area contributed by atoms with Crippen molar-refractivity contribution in [2.45, 2.75) is 38.8 Å². The first-order valence-electron chi connectivity index (χ1n) is 7.91. The lowest BCUT2D eigenvalue weighted by molar-refractivity contribution is -0.123. The lowest BCUT2D eigenvalue weighted by atomic mass is 9.92. The van der Waals surface area contributed by atoms with Gasteiger partial charge in [0.1, 0.15) is 0 Å². The second-order valence-electron chi connectivity index (χ2n) is 6.16. The minimum atomic E-state index is -0.253. The van der Waals surface area contributed by atoms with Crippen molar-refractivity contribution in [2.75, 3.05) is 19.6 Å². The van der Waals surface area contributed by atoms with Crippen LogP contribution in [0.2, 0.25) is 5.02 Å². The van der Waals surface area contributed by atoms with Gasteiger partial charge in [0.2, 0.25) is 5.91 Å². The highest BCUT2D eigenvalue weighted by atomic mass is 35.5. The van der Waals surface area contributed by atoms with Crippen molar-refractivity contribution in [3.63, 3.8) is 0 Å². The van der Waals surface area contributed by atoms with E-state index in [1.807, 2.05) is 38.1 Å². The number of nitrogens with one attached hydrogen (secondary N) is 1. The molecule has 0 aromatic heterocycles. The van der Waals surface area contributed by atoms with Crippen LogP contribution in [0.25, 0.3) is 0 Å². The molecule has 2 N–H and O–H groups in total. The van der Waals surface area contributed by atoms with Crippen LogP contribution in [-0.4, -0.2) is 41.7 Å². The lowest BCUT2D eigenvalue weighted by Crippen LogP contribution is -2.43. The molecule has 122 valence electrons. The van der Waals surface area contributed by atoms with Gasteiger partial charge in [0.05, 0.1) is 18.7 Å². The summed E-state index contributed by atoms with van der Waals surface area (Å²) in [6.07, 6.45) is 1.65. The summed E-state index contributed by atoms with van der Waals surface area (Å²) in [5, 5.41) is 13.3. The maximum Gasteiger partial charge on any atom is 0.234 e. The molecule has 0 radical (unpaired) electrons. The monoisotopic (exact) mass is 324 g/mol. The van der Waals surface area contributed by atoms with E-state index in [4.69, 9.17) is 11.6 Å². The van der Waals surface area contributed by atoms with Crippen LogP contribution in [0, 0.1) is 5.92 Å². The predicted molar refractivity (Wildman–Crippen MR) is 88.9 cm³/mol. The van der Waals surface area contributed by atoms with Crippen LogP contribution < -0.4 is 5.32 Å². The van der Waals surface area contributed by atoms with Crippen molar-refractivity contribution in [3.8, 4) is 0 Å². The highest BCUT2D eigenvalue weighted by Crippen LogP contribution is 2.23. The summed E-state index contributed by atoms with van der Waals surface area (Å²) in [4.78, 5) is 14.3. The Morgan fingerprint density at radius 3 is 2.59 bits per heavy atom. The van der Waals surface area contributed by atoms with E-state index in [1.54, 1.807) is 0 Å². The van der Waals surface area contributed by atoms with Gasteiger partial charge < -0.3 is 10.4 Å². The molecule has 1 aliphatic rings. The number of aliphatic hydroxyl groups is 1. The van der Waals surface area contributed by atoms with Crippen molar-refractivity contribution in [1.82, 2.24) is 10.2 Å². The van der Waals surface area contributed by atoms with Crippen LogP contribution in [-0.2, 0) is 4.79 Å². The third kappa shape index (κ3) is 4.70. The molecule has 0 saturated carbocycles. The summed E-state index contributed by atoms with van der Waals surface area (Å²) in [6, 6.07) is 7.47. The van der Waals surface area contributed by atoms with E-state index in [0.29, 0.717) is 17.5 Å². The van der Waals surface area contributed by atoms with Gasteiger partial charge in [-0.2, -0.15) is 0 Å². The number of hydrogen-bond acceptors (Lipinski definition) is 3. The number of likely N-dealkylation sites (tertiary alicyclic amines) is 1. The SMILES string of the molecule is CC(NC(=O)CN1CCC(C(C)O)CC1)c1ccccc1Cl. The van der Waals surface area contributed by atoms with Crippen LogP contribution in [0.3, 0.4) is 0 Å². The highest BCUT2D eigenvalue weighted by Gasteiger charge is 2.24. The normalized spacial score (nSPS) is 19.6. The summed E-state index contributed by atoms with van der Waals surface area (Å²) in [6.45, 7) is 5.92. The van der Waals surface area contributed by atoms with Gasteiger partial charge in [-0.25, -0.2) is 0 Å². The molecule has 0 bridgehead atoms. The van der Waals surface area contributed by atoms with Crippen LogP contribution in [0.1, 0.15) is 38.3 Å². The van der Waals surface area contributed by atoms with E-state index in [-0.39, 0.29) is 18.1 Å². The fourth-order valence-electron chi connectivity index (χ4n) is 2.99. The first-order chi connectivity index (χ1) is 10.5. The second-order valence-corrected chi connectivity index (χ2v) is 6.57. The van der Waals surface area contributed by atoms with Gasteiger partial charge in [-0.05, 0) is 57.3 Å². The van der Waals surface area contributed by atoms with E-state index in [9.17, 15) is 9.90 Å². The molecule has 1 saturated heterocycles. The molecule has 22 heavy (non-hydrogen) atoms. The van der Waals surface area contributed by atoms with Crippen LogP contribution >= 0.6 is 11.6 Å². The van der Waals surface area contributed by atoms with E-state index in [1.165, 1.54) is 0 Å². The molecular weight excluding hydrogens is 300 g/mol. The molecule has 1 heterocycles. The largest absolute Gasteiger partial charge is 0.393 e. The molecule has 4 nitrogen and oxygen atoms in total. The van der Waals surface area contributed by atoms with Gasteiger partial charge in [0, 0.05) is 5.02 Å². The van der Waals surface area contributed by atoms with Crippen molar-refractivity contribution in [1.29, 1.82) is 0 Å². The van der Waals surface area contributed by atoms with Crippen molar-refractivity contribution in [3.05, 3.63) is 34.9 Å². The molecule has 1 amide bonds. The Bertz CT molecular complexity index is 499. The number of piperidine rings is 1. The molecule has 5 heteroatoms. The summed E-state index contributed by atoms with van der Waals surface area (Å²) in [5.41, 5.74) is 0.935. The third-order valence-corrected chi connectivity index (χ3v) is 4.78. The fourth-order valence-corrected chi connectivity index (χ4v) is 3.29. The molecule has 0 spiro atoms. The van der Waals surface area contributed by atoms with E-state index >= 15 is 0 Å². The Kier molecular flexibility index (Phi) is 6.24. The van der Waals surface area contributed by atoms with Crippen molar-refractivity contribution in [2.24, 2.45) is 5.92 Å². The Balaban J connectivity index is 1.80. The zero-order chi connectivity index (χ0) is 16.1. The zero-order valence-corrected chi connectivity index (χ0v) is 14.0. The molecule has 1 aliphatic heterocycles. The molecule has 1 aromatic rings. The number of halogens is 1. The summed E-state index contributed by atoms with van der Waals surface area (Å²) in [7, 11) is 0. The first kappa shape index (κ1) is 17.3. The second kappa shape index (κ2) is 7.95. The predicted octanol–water partition coefficient (Wildman–Crippen LogP) is 2.61. The van der Waals surface area contributed by atoms with Gasteiger partial charge >= 0.3 is 0 Å². The average molecular weight is 325 g/mol. The fraction of sp³-hybridized carbons (Fsp3) is 0.588. The number of carbonyl (C=O) groups excluding carboxylic acids is 1. The quantitative estimate of drug-likeness (QED) is 0.875. The van der Waals surface area contributed by atoms with Crippen molar-refractivity contribution >= 4 is 17.5 Å². The molecule has 0 aliphatic carbocycles. The van der Waals surface area contributed by atoms with Gasteiger partial charge in [-0.15, -0.1) is 0 Å². The summed E-state index contributed by atoms with van der Waals surface area (Å²) < 4.78 is 0. The van der Waals surface area contributed by atoms with Gasteiger partial charge in [-0.3, -0.25) is 9.69 Å². The smallest absolute Gasteiger partial charge is 0.234 e. The van der Waals surface area contributed by atoms with E-state index < -0.39 is 0 Å².